The second-order valence-corrected chi connectivity index (χ2v) is 7.28. The first-order chi connectivity index (χ1) is 15.7. The number of aryl methyl sites for hydroxylation is 1. The van der Waals surface area contributed by atoms with E-state index < -0.39 is 18.4 Å². The van der Waals surface area contributed by atoms with Crippen LogP contribution in [0.2, 0.25) is 0 Å². The Hall–Kier alpha value is -4.40. The van der Waals surface area contributed by atoms with E-state index in [-0.39, 0.29) is 24.0 Å². The average molecular weight is 450 g/mol. The minimum absolute atomic E-state index is 0.0675. The number of carboxylic acids is 1. The maximum absolute atomic E-state index is 13.8. The molecule has 0 unspecified atom stereocenters. The summed E-state index contributed by atoms with van der Waals surface area (Å²) in [7, 11) is 0. The normalized spacial score (nSPS) is 10.4. The quantitative estimate of drug-likeness (QED) is 0.249. The topological polar surface area (TPSA) is 138 Å². The molecule has 0 spiro atoms. The van der Waals surface area contributed by atoms with Gasteiger partial charge in [-0.05, 0) is 61.5 Å². The van der Waals surface area contributed by atoms with E-state index in [4.69, 9.17) is 21.0 Å². The average Bonchev–Trinajstić information content (AvgIpc) is 2.77. The number of halogens is 1. The van der Waals surface area contributed by atoms with Gasteiger partial charge in [-0.25, -0.2) is 9.18 Å². The lowest BCUT2D eigenvalue weighted by Crippen LogP contribution is -2.16. The molecule has 3 aromatic rings. The highest BCUT2D eigenvalue weighted by atomic mass is 19.1. The van der Waals surface area contributed by atoms with Gasteiger partial charge in [0.2, 0.25) is 0 Å². The number of carbonyl (C=O) groups is 2. The molecule has 0 saturated heterocycles. The van der Waals surface area contributed by atoms with Crippen molar-refractivity contribution >= 4 is 29.1 Å². The fraction of sp³-hybridized carbons (Fsp3) is 0.125. The number of carbonyl (C=O) groups excluding carboxylic acids is 1. The summed E-state index contributed by atoms with van der Waals surface area (Å²) in [4.78, 5) is 23.8. The minimum atomic E-state index is -1.15. The van der Waals surface area contributed by atoms with Crippen LogP contribution in [-0.4, -0.2) is 29.4 Å². The molecule has 1 amide bonds. The van der Waals surface area contributed by atoms with Gasteiger partial charge in [-0.15, -0.1) is 0 Å². The number of hydrogen-bond donors (Lipinski definition) is 5. The zero-order chi connectivity index (χ0) is 24.0. The third-order valence-corrected chi connectivity index (χ3v) is 4.72. The Balaban J connectivity index is 1.79. The molecular formula is C24H23FN4O4. The van der Waals surface area contributed by atoms with E-state index in [2.05, 4.69) is 10.6 Å². The number of aliphatic carboxylic acids is 1. The summed E-state index contributed by atoms with van der Waals surface area (Å²) >= 11 is 0. The van der Waals surface area contributed by atoms with Crippen molar-refractivity contribution in [3.8, 4) is 5.75 Å². The third-order valence-electron chi connectivity index (χ3n) is 4.72. The number of ether oxygens (including phenoxy) is 1. The van der Waals surface area contributed by atoms with Crippen molar-refractivity contribution < 1.29 is 23.8 Å². The lowest BCUT2D eigenvalue weighted by Gasteiger charge is -2.15. The molecule has 170 valence electrons. The highest BCUT2D eigenvalue weighted by Gasteiger charge is 2.14. The van der Waals surface area contributed by atoms with Crippen LogP contribution in [0.4, 0.5) is 15.8 Å². The Labute approximate surface area is 189 Å². The van der Waals surface area contributed by atoms with Crippen LogP contribution in [-0.2, 0) is 11.3 Å². The number of rotatable bonds is 9. The number of hydrogen-bond acceptors (Lipinski definition) is 5. The standard InChI is InChI=1S/C24H23FN4O4/c1-14-2-8-20(28-12-16-11-17(25)5-9-21(16)33-13-22(30)31)19(10-14)24(32)29-18-6-3-15(4-7-18)23(26)27/h2-11,28H,12-13H2,1H3,(H3,26,27)(H,29,32)(H,30,31). The Morgan fingerprint density at radius 1 is 1.09 bits per heavy atom. The molecule has 9 heteroatoms. The Bertz CT molecular complexity index is 1200. The lowest BCUT2D eigenvalue weighted by atomic mass is 10.1. The van der Waals surface area contributed by atoms with E-state index in [1.807, 2.05) is 13.0 Å². The van der Waals surface area contributed by atoms with Crippen LogP contribution in [0.1, 0.15) is 27.0 Å². The van der Waals surface area contributed by atoms with E-state index in [1.54, 1.807) is 36.4 Å². The first-order valence-electron chi connectivity index (χ1n) is 9.96. The van der Waals surface area contributed by atoms with E-state index in [9.17, 15) is 14.0 Å². The molecule has 0 heterocycles. The summed E-state index contributed by atoms with van der Waals surface area (Å²) in [6.07, 6.45) is 0. The molecule has 0 fully saturated rings. The summed E-state index contributed by atoms with van der Waals surface area (Å²) in [6.45, 7) is 1.40. The molecule has 0 radical (unpaired) electrons. The van der Waals surface area contributed by atoms with Crippen LogP contribution in [0, 0.1) is 18.2 Å². The molecule has 0 aliphatic rings. The molecule has 3 aromatic carbocycles. The fourth-order valence-electron chi connectivity index (χ4n) is 3.09. The van der Waals surface area contributed by atoms with Crippen molar-refractivity contribution in [3.05, 3.63) is 88.7 Å². The predicted octanol–water partition coefficient (Wildman–Crippen LogP) is 3.75. The van der Waals surface area contributed by atoms with Crippen LogP contribution in [0.15, 0.2) is 60.7 Å². The van der Waals surface area contributed by atoms with Crippen molar-refractivity contribution in [2.75, 3.05) is 17.2 Å². The summed E-state index contributed by atoms with van der Waals surface area (Å²) in [6, 6.07) is 15.6. The second kappa shape index (κ2) is 10.3. The molecule has 0 aliphatic carbocycles. The lowest BCUT2D eigenvalue weighted by molar-refractivity contribution is -0.139. The Morgan fingerprint density at radius 3 is 2.48 bits per heavy atom. The van der Waals surface area contributed by atoms with Gasteiger partial charge in [0.15, 0.2) is 6.61 Å². The summed E-state index contributed by atoms with van der Waals surface area (Å²) in [5, 5.41) is 22.2. The molecule has 3 rings (SSSR count). The number of nitrogens with one attached hydrogen (secondary N) is 3. The van der Waals surface area contributed by atoms with Crippen LogP contribution in [0.5, 0.6) is 5.75 Å². The molecule has 0 atom stereocenters. The van der Waals surface area contributed by atoms with Crippen LogP contribution < -0.4 is 21.1 Å². The van der Waals surface area contributed by atoms with E-state index in [0.717, 1.165) is 5.56 Å². The maximum atomic E-state index is 13.8. The van der Waals surface area contributed by atoms with Crippen LogP contribution in [0.25, 0.3) is 0 Å². The van der Waals surface area contributed by atoms with Gasteiger partial charge < -0.3 is 26.2 Å². The van der Waals surface area contributed by atoms with Gasteiger partial charge in [0, 0.05) is 29.0 Å². The summed E-state index contributed by atoms with van der Waals surface area (Å²) in [5.41, 5.74) is 8.68. The highest BCUT2D eigenvalue weighted by molar-refractivity contribution is 6.08. The van der Waals surface area contributed by atoms with E-state index in [0.29, 0.717) is 28.1 Å². The Morgan fingerprint density at radius 2 is 1.82 bits per heavy atom. The number of benzene rings is 3. The number of amidine groups is 1. The van der Waals surface area contributed by atoms with E-state index >= 15 is 0 Å². The molecule has 0 saturated carbocycles. The molecule has 8 nitrogen and oxygen atoms in total. The third kappa shape index (κ3) is 6.30. The first kappa shape index (κ1) is 23.3. The molecule has 0 aliphatic heterocycles. The second-order valence-electron chi connectivity index (χ2n) is 7.28. The van der Waals surface area contributed by atoms with Crippen molar-refractivity contribution in [2.45, 2.75) is 13.5 Å². The van der Waals surface area contributed by atoms with Gasteiger partial charge in [0.1, 0.15) is 17.4 Å². The van der Waals surface area contributed by atoms with Gasteiger partial charge >= 0.3 is 5.97 Å². The van der Waals surface area contributed by atoms with Crippen molar-refractivity contribution in [1.82, 2.24) is 0 Å². The molecule has 0 aromatic heterocycles. The fourth-order valence-corrected chi connectivity index (χ4v) is 3.09. The van der Waals surface area contributed by atoms with Crippen molar-refractivity contribution in [2.24, 2.45) is 5.73 Å². The Kier molecular flexibility index (Phi) is 7.24. The maximum Gasteiger partial charge on any atom is 0.341 e. The van der Waals surface area contributed by atoms with Crippen molar-refractivity contribution in [3.63, 3.8) is 0 Å². The summed E-state index contributed by atoms with van der Waals surface area (Å²) < 4.78 is 19.0. The zero-order valence-corrected chi connectivity index (χ0v) is 17.8. The SMILES string of the molecule is Cc1ccc(NCc2cc(F)ccc2OCC(=O)O)c(C(=O)Nc2ccc(C(=N)N)cc2)c1. The monoisotopic (exact) mass is 450 g/mol. The molecular weight excluding hydrogens is 427 g/mol. The number of anilines is 2. The first-order valence-corrected chi connectivity index (χ1v) is 9.96. The minimum Gasteiger partial charge on any atom is -0.482 e. The molecule has 6 N–H and O–H groups in total. The van der Waals surface area contributed by atoms with Gasteiger partial charge in [0.25, 0.3) is 5.91 Å². The van der Waals surface area contributed by atoms with E-state index in [1.165, 1.54) is 18.2 Å². The number of nitrogen functional groups attached to an aromatic ring is 1. The smallest absolute Gasteiger partial charge is 0.341 e. The van der Waals surface area contributed by atoms with Gasteiger partial charge in [-0.1, -0.05) is 11.6 Å². The number of carboxylic acid groups (broad SMARTS) is 1. The van der Waals surface area contributed by atoms with Crippen LogP contribution >= 0.6 is 0 Å². The largest absolute Gasteiger partial charge is 0.482 e. The highest BCUT2D eigenvalue weighted by Crippen LogP contribution is 2.24. The van der Waals surface area contributed by atoms with Crippen LogP contribution in [0.3, 0.4) is 0 Å². The zero-order valence-electron chi connectivity index (χ0n) is 17.8. The number of amides is 1. The van der Waals surface area contributed by atoms with Gasteiger partial charge in [-0.2, -0.15) is 0 Å². The molecule has 33 heavy (non-hydrogen) atoms. The van der Waals surface area contributed by atoms with Gasteiger partial charge in [-0.3, -0.25) is 10.2 Å². The number of nitrogens with two attached hydrogens (primary N) is 1. The summed E-state index contributed by atoms with van der Waals surface area (Å²) in [5.74, 6) is -1.84. The predicted molar refractivity (Wildman–Crippen MR) is 123 cm³/mol. The molecule has 0 bridgehead atoms. The van der Waals surface area contributed by atoms with Crippen molar-refractivity contribution in [1.29, 1.82) is 5.41 Å². The van der Waals surface area contributed by atoms with Gasteiger partial charge in [0.05, 0.1) is 5.56 Å².